The second-order valence-electron chi connectivity index (χ2n) is 7.38. The molecule has 3 rings (SSSR count). The third kappa shape index (κ3) is 6.55. The summed E-state index contributed by atoms with van der Waals surface area (Å²) in [6, 6.07) is 14.5. The summed E-state index contributed by atoms with van der Waals surface area (Å²) in [5, 5.41) is 22.8. The van der Waals surface area contributed by atoms with Gasteiger partial charge in [0.15, 0.2) is 18.1 Å². The van der Waals surface area contributed by atoms with Crippen molar-refractivity contribution in [3.63, 3.8) is 0 Å². The minimum Gasteiger partial charge on any atom is -0.493 e. The maximum Gasteiger partial charge on any atom is 0.341 e. The molecule has 0 heterocycles. The number of carbonyl (C=O) groups is 2. The summed E-state index contributed by atoms with van der Waals surface area (Å²) >= 11 is 6.14. The van der Waals surface area contributed by atoms with Crippen molar-refractivity contribution in [2.24, 2.45) is 5.73 Å². The van der Waals surface area contributed by atoms with Crippen LogP contribution in [0.3, 0.4) is 0 Å². The summed E-state index contributed by atoms with van der Waals surface area (Å²) in [6.07, 6.45) is 0. The van der Waals surface area contributed by atoms with E-state index in [1.807, 2.05) is 0 Å². The van der Waals surface area contributed by atoms with Crippen LogP contribution >= 0.6 is 11.6 Å². The van der Waals surface area contributed by atoms with Crippen LogP contribution in [0.5, 0.6) is 11.5 Å². The second kappa shape index (κ2) is 11.1. The van der Waals surface area contributed by atoms with E-state index < -0.39 is 18.5 Å². The first kappa shape index (κ1) is 25.2. The average Bonchev–Trinajstić information content (AvgIpc) is 2.82. The lowest BCUT2D eigenvalue weighted by molar-refractivity contribution is -0.139. The summed E-state index contributed by atoms with van der Waals surface area (Å²) in [6.45, 7) is -0.421. The summed E-state index contributed by atoms with van der Waals surface area (Å²) in [7, 11) is 1.42. The van der Waals surface area contributed by atoms with Crippen molar-refractivity contribution in [2.75, 3.05) is 30.1 Å². The Morgan fingerprint density at radius 1 is 1.11 bits per heavy atom. The van der Waals surface area contributed by atoms with Gasteiger partial charge >= 0.3 is 5.97 Å². The molecule has 0 aliphatic carbocycles. The normalized spacial score (nSPS) is 10.3. The van der Waals surface area contributed by atoms with Gasteiger partial charge in [0.05, 0.1) is 12.7 Å². The second-order valence-corrected chi connectivity index (χ2v) is 7.82. The molecule has 0 unspecified atom stereocenters. The van der Waals surface area contributed by atoms with Gasteiger partial charge in [0.2, 0.25) is 0 Å². The number of rotatable bonds is 10. The van der Waals surface area contributed by atoms with Crippen LogP contribution in [0.1, 0.15) is 21.5 Å². The Morgan fingerprint density at radius 2 is 1.83 bits per heavy atom. The maximum atomic E-state index is 13.0. The molecule has 0 atom stereocenters. The number of amides is 1. The molecule has 3 aromatic rings. The zero-order chi connectivity index (χ0) is 25.5. The summed E-state index contributed by atoms with van der Waals surface area (Å²) in [5.74, 6) is -1.13. The Balaban J connectivity index is 1.84. The number of hydrogen-bond donors (Lipinski definition) is 6. The Kier molecular flexibility index (Phi) is 8.00. The largest absolute Gasteiger partial charge is 0.493 e. The number of amidine groups is 1. The highest BCUT2D eigenvalue weighted by Gasteiger charge is 2.17. The van der Waals surface area contributed by atoms with Crippen molar-refractivity contribution in [1.29, 1.82) is 5.41 Å². The molecular weight excluding hydrogens is 474 g/mol. The zero-order valence-electron chi connectivity index (χ0n) is 18.7. The van der Waals surface area contributed by atoms with Crippen molar-refractivity contribution in [2.45, 2.75) is 6.54 Å². The fourth-order valence-corrected chi connectivity index (χ4v) is 3.42. The first-order chi connectivity index (χ1) is 16.7. The number of benzene rings is 3. The molecule has 3 aromatic carbocycles. The van der Waals surface area contributed by atoms with Gasteiger partial charge in [-0.15, -0.1) is 0 Å². The van der Waals surface area contributed by atoms with E-state index in [0.29, 0.717) is 33.2 Å². The lowest BCUT2D eigenvalue weighted by Crippen LogP contribution is -2.16. The highest BCUT2D eigenvalue weighted by atomic mass is 35.5. The number of nitrogen functional groups attached to an aromatic ring is 2. The summed E-state index contributed by atoms with van der Waals surface area (Å²) in [5.41, 5.74) is 14.1. The smallest absolute Gasteiger partial charge is 0.341 e. The number of carbonyl (C=O) groups excluding carboxylic acids is 1. The monoisotopic (exact) mass is 497 g/mol. The molecule has 0 aromatic heterocycles. The number of ether oxygens (including phenoxy) is 2. The Hall–Kier alpha value is -4.44. The van der Waals surface area contributed by atoms with E-state index >= 15 is 0 Å². The van der Waals surface area contributed by atoms with Crippen LogP contribution < -0.4 is 31.6 Å². The topological polar surface area (TPSA) is 173 Å². The van der Waals surface area contributed by atoms with E-state index in [9.17, 15) is 9.59 Å². The Bertz CT molecular complexity index is 1260. The molecular formula is C24H24ClN5O5. The number of nitrogens with one attached hydrogen (secondary N) is 3. The highest BCUT2D eigenvalue weighted by Crippen LogP contribution is 2.35. The van der Waals surface area contributed by atoms with Gasteiger partial charge in [0.25, 0.3) is 5.91 Å². The van der Waals surface area contributed by atoms with Gasteiger partial charge < -0.3 is 36.7 Å². The number of anilines is 3. The minimum atomic E-state index is -1.14. The van der Waals surface area contributed by atoms with Gasteiger partial charge in [-0.05, 0) is 48.5 Å². The molecule has 0 radical (unpaired) electrons. The quantitative estimate of drug-likeness (QED) is 0.140. The van der Waals surface area contributed by atoms with E-state index in [2.05, 4.69) is 10.6 Å². The van der Waals surface area contributed by atoms with Crippen LogP contribution in [0.15, 0.2) is 54.6 Å². The predicted octanol–water partition coefficient (Wildman–Crippen LogP) is 3.54. The first-order valence-corrected chi connectivity index (χ1v) is 10.7. The van der Waals surface area contributed by atoms with Crippen molar-refractivity contribution in [3.05, 3.63) is 76.3 Å². The van der Waals surface area contributed by atoms with Crippen molar-refractivity contribution >= 4 is 46.4 Å². The Labute approximate surface area is 206 Å². The Morgan fingerprint density at radius 3 is 2.46 bits per heavy atom. The number of aliphatic carboxylic acids is 1. The predicted molar refractivity (Wildman–Crippen MR) is 135 cm³/mol. The lowest BCUT2D eigenvalue weighted by Gasteiger charge is -2.17. The molecule has 11 heteroatoms. The van der Waals surface area contributed by atoms with E-state index in [4.69, 9.17) is 43.1 Å². The lowest BCUT2D eigenvalue weighted by atomic mass is 10.1. The van der Waals surface area contributed by atoms with Crippen LogP contribution in [-0.2, 0) is 11.3 Å². The summed E-state index contributed by atoms with van der Waals surface area (Å²) in [4.78, 5) is 24.0. The molecule has 0 aliphatic heterocycles. The van der Waals surface area contributed by atoms with Gasteiger partial charge in [-0.3, -0.25) is 10.2 Å². The fourth-order valence-electron chi connectivity index (χ4n) is 3.24. The number of carboxylic acids is 1. The van der Waals surface area contributed by atoms with Crippen LogP contribution in [0.25, 0.3) is 0 Å². The van der Waals surface area contributed by atoms with E-state index in [-0.39, 0.29) is 29.4 Å². The molecule has 0 bridgehead atoms. The standard InChI is InChI=1S/C24H24ClN5O5/c1-34-20-10-16(26)8-14(22(20)35-12-21(31)32)11-29-19-7-4-15(25)9-18(19)24(33)30-17-5-2-13(3-6-17)23(27)28/h2-10,29H,11-12,26H2,1H3,(H3,27,28)(H,30,33)(H,31,32). The van der Waals surface area contributed by atoms with E-state index in [0.717, 1.165) is 0 Å². The molecule has 0 aliphatic rings. The SMILES string of the molecule is COc1cc(N)cc(CNc2ccc(Cl)cc2C(=O)Nc2ccc(C(=N)N)cc2)c1OCC(=O)O. The van der Waals surface area contributed by atoms with Crippen LogP contribution in [0.4, 0.5) is 17.1 Å². The third-order valence-corrected chi connectivity index (χ3v) is 5.10. The van der Waals surface area contributed by atoms with Gasteiger partial charge in [0.1, 0.15) is 5.84 Å². The van der Waals surface area contributed by atoms with E-state index in [1.54, 1.807) is 42.5 Å². The van der Waals surface area contributed by atoms with Gasteiger partial charge in [-0.2, -0.15) is 0 Å². The van der Waals surface area contributed by atoms with Gasteiger partial charge in [-0.1, -0.05) is 11.6 Å². The van der Waals surface area contributed by atoms with E-state index in [1.165, 1.54) is 19.2 Å². The van der Waals surface area contributed by atoms with Crippen molar-refractivity contribution in [1.82, 2.24) is 0 Å². The minimum absolute atomic E-state index is 0.0749. The molecule has 1 amide bonds. The molecule has 0 fully saturated rings. The summed E-state index contributed by atoms with van der Waals surface area (Å²) < 4.78 is 10.7. The molecule has 8 N–H and O–H groups in total. The first-order valence-electron chi connectivity index (χ1n) is 10.3. The van der Waals surface area contributed by atoms with Gasteiger partial charge in [-0.25, -0.2) is 4.79 Å². The maximum absolute atomic E-state index is 13.0. The fraction of sp³-hybridized carbons (Fsp3) is 0.125. The van der Waals surface area contributed by atoms with Crippen LogP contribution in [-0.4, -0.2) is 36.5 Å². The molecule has 182 valence electrons. The highest BCUT2D eigenvalue weighted by molar-refractivity contribution is 6.31. The third-order valence-electron chi connectivity index (χ3n) is 4.86. The number of methoxy groups -OCH3 is 1. The molecule has 0 saturated carbocycles. The average molecular weight is 498 g/mol. The van der Waals surface area contributed by atoms with Crippen LogP contribution in [0.2, 0.25) is 5.02 Å². The number of nitrogens with two attached hydrogens (primary N) is 2. The number of hydrogen-bond acceptors (Lipinski definition) is 7. The number of halogens is 1. The molecule has 0 spiro atoms. The van der Waals surface area contributed by atoms with Gasteiger partial charge in [0, 0.05) is 45.8 Å². The molecule has 10 nitrogen and oxygen atoms in total. The van der Waals surface area contributed by atoms with Crippen molar-refractivity contribution < 1.29 is 24.2 Å². The molecule has 0 saturated heterocycles. The zero-order valence-corrected chi connectivity index (χ0v) is 19.5. The van der Waals surface area contributed by atoms with Crippen molar-refractivity contribution in [3.8, 4) is 11.5 Å². The number of carboxylic acid groups (broad SMARTS) is 1. The molecule has 35 heavy (non-hydrogen) atoms. The van der Waals surface area contributed by atoms with Crippen LogP contribution in [0, 0.1) is 5.41 Å².